The van der Waals surface area contributed by atoms with Crippen LogP contribution in [0.15, 0.2) is 28.2 Å². The van der Waals surface area contributed by atoms with Crippen LogP contribution in [0.3, 0.4) is 0 Å². The van der Waals surface area contributed by atoms with Crippen molar-refractivity contribution < 1.29 is 8.42 Å². The van der Waals surface area contributed by atoms with E-state index in [0.29, 0.717) is 13.1 Å². The third kappa shape index (κ3) is 3.18. The molecule has 0 spiro atoms. The lowest BCUT2D eigenvalue weighted by Gasteiger charge is -2.14. The SMILES string of the molecule is O=c1cc[nH]cc1S(=O)(=O)NCCN1CCCC1. The van der Waals surface area contributed by atoms with Gasteiger partial charge in [0.05, 0.1) is 0 Å². The number of sulfonamides is 1. The zero-order valence-electron chi connectivity index (χ0n) is 10.1. The monoisotopic (exact) mass is 271 g/mol. The first-order valence-corrected chi connectivity index (χ1v) is 7.47. The van der Waals surface area contributed by atoms with Crippen molar-refractivity contribution in [2.75, 3.05) is 26.2 Å². The molecule has 7 heteroatoms. The Morgan fingerprint density at radius 1 is 1.33 bits per heavy atom. The molecule has 18 heavy (non-hydrogen) atoms. The fraction of sp³-hybridized carbons (Fsp3) is 0.545. The Morgan fingerprint density at radius 3 is 2.72 bits per heavy atom. The van der Waals surface area contributed by atoms with E-state index < -0.39 is 15.5 Å². The first-order valence-electron chi connectivity index (χ1n) is 5.99. The zero-order valence-corrected chi connectivity index (χ0v) is 10.9. The Hall–Kier alpha value is -1.18. The summed E-state index contributed by atoms with van der Waals surface area (Å²) < 4.78 is 26.2. The maximum atomic E-state index is 11.9. The Labute approximate surface area is 106 Å². The lowest BCUT2D eigenvalue weighted by molar-refractivity contribution is 0.344. The van der Waals surface area contributed by atoms with Gasteiger partial charge < -0.3 is 9.88 Å². The molecule has 2 heterocycles. The molecule has 0 aromatic carbocycles. The van der Waals surface area contributed by atoms with Crippen LogP contribution in [0.4, 0.5) is 0 Å². The van der Waals surface area contributed by atoms with Gasteiger partial charge in [0, 0.05) is 31.5 Å². The van der Waals surface area contributed by atoms with Gasteiger partial charge in [-0.05, 0) is 25.9 Å². The van der Waals surface area contributed by atoms with E-state index in [2.05, 4.69) is 14.6 Å². The molecular weight excluding hydrogens is 254 g/mol. The van der Waals surface area contributed by atoms with Gasteiger partial charge in [-0.3, -0.25) is 4.79 Å². The van der Waals surface area contributed by atoms with Gasteiger partial charge in [-0.25, -0.2) is 13.1 Å². The second kappa shape index (κ2) is 5.64. The van der Waals surface area contributed by atoms with E-state index in [0.717, 1.165) is 13.1 Å². The smallest absolute Gasteiger partial charge is 0.245 e. The van der Waals surface area contributed by atoms with Crippen molar-refractivity contribution in [3.8, 4) is 0 Å². The number of aromatic amines is 1. The van der Waals surface area contributed by atoms with Gasteiger partial charge in [0.2, 0.25) is 15.5 Å². The molecular formula is C11H17N3O3S. The second-order valence-corrected chi connectivity index (χ2v) is 6.05. The maximum Gasteiger partial charge on any atom is 0.245 e. The Bertz CT molecular complexity index is 547. The van der Waals surface area contributed by atoms with Gasteiger partial charge in [0.15, 0.2) is 0 Å². The molecule has 1 saturated heterocycles. The predicted octanol–water partition coefficient (Wildman–Crippen LogP) is -0.251. The number of hydrogen-bond acceptors (Lipinski definition) is 4. The van der Waals surface area contributed by atoms with E-state index >= 15 is 0 Å². The molecule has 0 bridgehead atoms. The van der Waals surface area contributed by atoms with Gasteiger partial charge in [-0.1, -0.05) is 0 Å². The summed E-state index contributed by atoms with van der Waals surface area (Å²) in [6, 6.07) is 1.20. The molecule has 2 rings (SSSR count). The topological polar surface area (TPSA) is 82.3 Å². The highest BCUT2D eigenvalue weighted by Gasteiger charge is 2.18. The summed E-state index contributed by atoms with van der Waals surface area (Å²) in [5.74, 6) is 0. The summed E-state index contributed by atoms with van der Waals surface area (Å²) in [6.07, 6.45) is 4.96. The summed E-state index contributed by atoms with van der Waals surface area (Å²) in [4.78, 5) is 16.0. The first-order chi connectivity index (χ1) is 8.59. The summed E-state index contributed by atoms with van der Waals surface area (Å²) in [5.41, 5.74) is -0.498. The van der Waals surface area contributed by atoms with Crippen LogP contribution in [0.5, 0.6) is 0 Å². The number of nitrogens with zero attached hydrogens (tertiary/aromatic N) is 1. The molecule has 0 unspecified atom stereocenters. The van der Waals surface area contributed by atoms with E-state index in [9.17, 15) is 13.2 Å². The van der Waals surface area contributed by atoms with Crippen LogP contribution in [-0.2, 0) is 10.0 Å². The maximum absolute atomic E-state index is 11.9. The van der Waals surface area contributed by atoms with Crippen molar-refractivity contribution in [3.05, 3.63) is 28.7 Å². The number of H-pyrrole nitrogens is 1. The highest BCUT2D eigenvalue weighted by molar-refractivity contribution is 7.89. The quantitative estimate of drug-likeness (QED) is 0.773. The van der Waals surface area contributed by atoms with Crippen LogP contribution in [0.2, 0.25) is 0 Å². The van der Waals surface area contributed by atoms with Gasteiger partial charge in [0.25, 0.3) is 0 Å². The normalized spacial score (nSPS) is 17.1. The zero-order chi connectivity index (χ0) is 13.0. The van der Waals surface area contributed by atoms with Crippen LogP contribution in [0, 0.1) is 0 Å². The molecule has 0 amide bonds. The van der Waals surface area contributed by atoms with E-state index in [1.54, 1.807) is 0 Å². The third-order valence-corrected chi connectivity index (χ3v) is 4.48. The van der Waals surface area contributed by atoms with E-state index in [4.69, 9.17) is 0 Å². The standard InChI is InChI=1S/C11H17N3O3S/c15-10-3-4-12-9-11(10)18(16,17)13-5-8-14-6-1-2-7-14/h3-4,9,13H,1-2,5-8H2,(H,12,15). The number of nitrogens with one attached hydrogen (secondary N) is 2. The Morgan fingerprint density at radius 2 is 2.06 bits per heavy atom. The minimum atomic E-state index is -3.70. The van der Waals surface area contributed by atoms with Crippen LogP contribution in [0.25, 0.3) is 0 Å². The van der Waals surface area contributed by atoms with Crippen molar-refractivity contribution in [1.29, 1.82) is 0 Å². The third-order valence-electron chi connectivity index (χ3n) is 3.00. The molecule has 6 nitrogen and oxygen atoms in total. The van der Waals surface area contributed by atoms with Gasteiger partial charge >= 0.3 is 0 Å². The summed E-state index contributed by atoms with van der Waals surface area (Å²) >= 11 is 0. The molecule has 2 N–H and O–H groups in total. The van der Waals surface area contributed by atoms with E-state index in [1.165, 1.54) is 31.3 Å². The number of aromatic nitrogens is 1. The fourth-order valence-electron chi connectivity index (χ4n) is 2.03. The molecule has 0 saturated carbocycles. The molecule has 0 aliphatic carbocycles. The minimum Gasteiger partial charge on any atom is -0.366 e. The molecule has 1 fully saturated rings. The van der Waals surface area contributed by atoms with Crippen LogP contribution in [-0.4, -0.2) is 44.5 Å². The molecule has 100 valence electrons. The van der Waals surface area contributed by atoms with Crippen LogP contribution >= 0.6 is 0 Å². The van der Waals surface area contributed by atoms with E-state index in [1.807, 2.05) is 0 Å². The highest BCUT2D eigenvalue weighted by Crippen LogP contribution is 2.06. The molecule has 1 aromatic rings. The van der Waals surface area contributed by atoms with Gasteiger partial charge in [-0.2, -0.15) is 0 Å². The number of pyridine rings is 1. The Kier molecular flexibility index (Phi) is 4.15. The number of hydrogen-bond donors (Lipinski definition) is 2. The summed E-state index contributed by atoms with van der Waals surface area (Å²) in [5, 5.41) is 0. The average molecular weight is 271 g/mol. The van der Waals surface area contributed by atoms with Crippen LogP contribution in [0.1, 0.15) is 12.8 Å². The number of rotatable bonds is 5. The molecule has 0 atom stereocenters. The van der Waals surface area contributed by atoms with Gasteiger partial charge in [-0.15, -0.1) is 0 Å². The van der Waals surface area contributed by atoms with Crippen molar-refractivity contribution >= 4 is 10.0 Å². The lowest BCUT2D eigenvalue weighted by atomic mass is 10.4. The minimum absolute atomic E-state index is 0.230. The first kappa shape index (κ1) is 13.3. The number of likely N-dealkylation sites (tertiary alicyclic amines) is 1. The van der Waals surface area contributed by atoms with Crippen molar-refractivity contribution in [1.82, 2.24) is 14.6 Å². The van der Waals surface area contributed by atoms with Crippen molar-refractivity contribution in [2.45, 2.75) is 17.7 Å². The summed E-state index contributed by atoms with van der Waals surface area (Å²) in [6.45, 7) is 3.06. The summed E-state index contributed by atoms with van der Waals surface area (Å²) in [7, 11) is -3.70. The Balaban J connectivity index is 1.95. The fourth-order valence-corrected chi connectivity index (χ4v) is 3.10. The van der Waals surface area contributed by atoms with Crippen molar-refractivity contribution in [2.24, 2.45) is 0 Å². The van der Waals surface area contributed by atoms with Crippen molar-refractivity contribution in [3.63, 3.8) is 0 Å². The van der Waals surface area contributed by atoms with Crippen LogP contribution < -0.4 is 10.2 Å². The second-order valence-electron chi connectivity index (χ2n) is 4.32. The molecule has 0 radical (unpaired) electrons. The lowest BCUT2D eigenvalue weighted by Crippen LogP contribution is -2.35. The average Bonchev–Trinajstić information content (AvgIpc) is 2.82. The molecule has 1 aliphatic rings. The predicted molar refractivity (Wildman–Crippen MR) is 67.9 cm³/mol. The molecule has 1 aromatic heterocycles. The largest absolute Gasteiger partial charge is 0.366 e. The van der Waals surface area contributed by atoms with E-state index in [-0.39, 0.29) is 4.90 Å². The molecule has 1 aliphatic heterocycles. The highest BCUT2D eigenvalue weighted by atomic mass is 32.2. The van der Waals surface area contributed by atoms with Gasteiger partial charge in [0.1, 0.15) is 4.90 Å².